The Kier molecular flexibility index (Phi) is 7.54. The third kappa shape index (κ3) is 5.63. The summed E-state index contributed by atoms with van der Waals surface area (Å²) in [6, 6.07) is 4.14. The lowest BCUT2D eigenvalue weighted by Crippen LogP contribution is -2.34. The van der Waals surface area contributed by atoms with E-state index in [4.69, 9.17) is 16.3 Å². The molecule has 2 fully saturated rings. The van der Waals surface area contributed by atoms with Gasteiger partial charge in [-0.3, -0.25) is 9.48 Å². The number of hydrogen-bond acceptors (Lipinski definition) is 5. The van der Waals surface area contributed by atoms with Crippen LogP contribution >= 0.6 is 11.6 Å². The van der Waals surface area contributed by atoms with Crippen LogP contribution in [0.2, 0.25) is 5.02 Å². The van der Waals surface area contributed by atoms with E-state index in [-0.39, 0.29) is 22.9 Å². The number of hydrogen-bond donors (Lipinski definition) is 1. The quantitative estimate of drug-likeness (QED) is 0.457. The second kappa shape index (κ2) is 10.3. The average Bonchev–Trinajstić information content (AvgIpc) is 3.60. The molecule has 1 amide bonds. The van der Waals surface area contributed by atoms with Crippen molar-refractivity contribution in [2.75, 3.05) is 30.4 Å². The molecule has 2 atom stereocenters. The maximum Gasteiger partial charge on any atom is 0.436 e. The molecule has 0 unspecified atom stereocenters. The molecule has 0 radical (unpaired) electrons. The molecule has 4 rings (SSSR count). The number of methoxy groups -OCH3 is 1. The van der Waals surface area contributed by atoms with Gasteiger partial charge < -0.3 is 15.0 Å². The second-order valence-electron chi connectivity index (χ2n) is 9.79. The molecule has 1 aromatic heterocycles. The molecule has 11 heteroatoms. The van der Waals surface area contributed by atoms with Gasteiger partial charge in [-0.1, -0.05) is 31.4 Å². The Morgan fingerprint density at radius 1 is 1.28 bits per heavy atom. The Hall–Kier alpha value is -2.75. The van der Waals surface area contributed by atoms with Gasteiger partial charge in [-0.2, -0.15) is 18.3 Å². The molecule has 1 N–H and O–H groups in total. The number of piperidine rings is 1. The highest BCUT2D eigenvalue weighted by atomic mass is 35.5. The number of halogens is 4. The van der Waals surface area contributed by atoms with Crippen LogP contribution in [0.1, 0.15) is 66.8 Å². The first-order valence-corrected chi connectivity index (χ1v) is 12.5. The number of nitrogens with one attached hydrogen (secondary N) is 1. The van der Waals surface area contributed by atoms with Gasteiger partial charge in [-0.05, 0) is 56.2 Å². The van der Waals surface area contributed by atoms with Gasteiger partial charge in [-0.25, -0.2) is 4.79 Å². The van der Waals surface area contributed by atoms with Gasteiger partial charge in [0.15, 0.2) is 5.69 Å². The maximum absolute atomic E-state index is 13.4. The summed E-state index contributed by atoms with van der Waals surface area (Å²) in [5, 5.41) is 5.91. The molecular weight excluding hydrogens is 497 g/mol. The first-order valence-electron chi connectivity index (χ1n) is 12.1. The Morgan fingerprint density at radius 2 is 2.00 bits per heavy atom. The summed E-state index contributed by atoms with van der Waals surface area (Å²) >= 11 is 5.95. The minimum Gasteiger partial charge on any atom is -0.465 e. The number of carbonyl (C=O) groups is 2. The molecule has 2 aromatic rings. The van der Waals surface area contributed by atoms with E-state index in [1.807, 2.05) is 6.07 Å². The Labute approximate surface area is 212 Å². The minimum absolute atomic E-state index is 0.0625. The van der Waals surface area contributed by atoms with Crippen LogP contribution in [-0.4, -0.2) is 41.9 Å². The summed E-state index contributed by atoms with van der Waals surface area (Å²) in [5.74, 6) is -0.453. The van der Waals surface area contributed by atoms with Gasteiger partial charge in [0.05, 0.1) is 29.1 Å². The van der Waals surface area contributed by atoms with Crippen molar-refractivity contribution in [1.82, 2.24) is 9.78 Å². The van der Waals surface area contributed by atoms with Gasteiger partial charge in [0.1, 0.15) is 6.04 Å². The Balaban J connectivity index is 1.65. The molecule has 1 aliphatic carbocycles. The first kappa shape index (κ1) is 26.3. The lowest BCUT2D eigenvalue weighted by Gasteiger charge is -2.33. The fourth-order valence-corrected chi connectivity index (χ4v) is 4.96. The number of benzene rings is 1. The normalized spacial score (nSPS) is 19.2. The summed E-state index contributed by atoms with van der Waals surface area (Å²) < 4.78 is 46.2. The fraction of sp³-hybridized carbons (Fsp3) is 0.560. The highest BCUT2D eigenvalue weighted by molar-refractivity contribution is 6.32. The molecule has 0 bridgehead atoms. The molecule has 0 spiro atoms. The van der Waals surface area contributed by atoms with Crippen LogP contribution in [0.25, 0.3) is 0 Å². The molecule has 196 valence electrons. The molecule has 36 heavy (non-hydrogen) atoms. The van der Waals surface area contributed by atoms with E-state index in [1.54, 1.807) is 12.1 Å². The lowest BCUT2D eigenvalue weighted by molar-refractivity contribution is -0.141. The largest absolute Gasteiger partial charge is 0.465 e. The van der Waals surface area contributed by atoms with Crippen molar-refractivity contribution in [3.63, 3.8) is 0 Å². The van der Waals surface area contributed by atoms with Gasteiger partial charge in [0.25, 0.3) is 0 Å². The number of carbonyl (C=O) groups excluding carboxylic acids is 2. The smallest absolute Gasteiger partial charge is 0.436 e. The monoisotopic (exact) mass is 526 g/mol. The summed E-state index contributed by atoms with van der Waals surface area (Å²) in [7, 11) is 1.26. The number of rotatable bonds is 7. The Morgan fingerprint density at radius 3 is 2.58 bits per heavy atom. The van der Waals surface area contributed by atoms with Crippen LogP contribution in [0.5, 0.6) is 0 Å². The molecule has 1 saturated heterocycles. The lowest BCUT2D eigenvalue weighted by atomic mass is 9.99. The SMILES string of the molecule is COC(=O)c1cc(N2CCC[C@@H](C)C2)ccc1NC(=O)[C@H](CC1CC1)n1nc(C(F)(F)F)c(Cl)c1C. The van der Waals surface area contributed by atoms with Crippen molar-refractivity contribution in [3.05, 3.63) is 40.2 Å². The van der Waals surface area contributed by atoms with E-state index in [0.29, 0.717) is 12.3 Å². The van der Waals surface area contributed by atoms with E-state index < -0.39 is 34.8 Å². The highest BCUT2D eigenvalue weighted by Gasteiger charge is 2.41. The molecule has 1 aliphatic heterocycles. The van der Waals surface area contributed by atoms with E-state index in [0.717, 1.165) is 49.1 Å². The zero-order chi connectivity index (χ0) is 26.2. The molecule has 2 heterocycles. The number of amides is 1. The van der Waals surface area contributed by atoms with Gasteiger partial charge in [-0.15, -0.1) is 0 Å². The van der Waals surface area contributed by atoms with Crippen LogP contribution in [0.3, 0.4) is 0 Å². The zero-order valence-electron chi connectivity index (χ0n) is 20.5. The predicted molar refractivity (Wildman–Crippen MR) is 130 cm³/mol. The Bertz CT molecular complexity index is 1150. The fourth-order valence-electron chi connectivity index (χ4n) is 4.73. The van der Waals surface area contributed by atoms with Crippen LogP contribution in [0.4, 0.5) is 24.5 Å². The highest BCUT2D eigenvalue weighted by Crippen LogP contribution is 2.41. The molecule has 7 nitrogen and oxygen atoms in total. The summed E-state index contributed by atoms with van der Waals surface area (Å²) in [4.78, 5) is 28.2. The van der Waals surface area contributed by atoms with Crippen molar-refractivity contribution in [2.45, 2.75) is 58.2 Å². The third-order valence-corrected chi connectivity index (χ3v) is 7.34. The zero-order valence-corrected chi connectivity index (χ0v) is 21.2. The van der Waals surface area contributed by atoms with Gasteiger partial charge in [0.2, 0.25) is 5.91 Å². The third-order valence-electron chi connectivity index (χ3n) is 6.89. The predicted octanol–water partition coefficient (Wildman–Crippen LogP) is 5.87. The van der Waals surface area contributed by atoms with Gasteiger partial charge >= 0.3 is 12.1 Å². The standard InChI is InChI=1S/C25H30ClF3N4O3/c1-14-5-4-10-32(13-14)17-8-9-19(18(12-17)24(35)36-3)30-23(34)20(11-16-6-7-16)33-15(2)21(26)22(31-33)25(27,28)29/h8-9,12,14,16,20H,4-7,10-11,13H2,1-3H3,(H,30,34)/t14-,20+/m1/s1. The number of anilines is 2. The van der Waals surface area contributed by atoms with Crippen LogP contribution in [-0.2, 0) is 15.7 Å². The van der Waals surface area contributed by atoms with E-state index >= 15 is 0 Å². The van der Waals surface area contributed by atoms with Crippen LogP contribution in [0.15, 0.2) is 18.2 Å². The number of ether oxygens (including phenoxy) is 1. The van der Waals surface area contributed by atoms with Crippen LogP contribution < -0.4 is 10.2 Å². The summed E-state index contributed by atoms with van der Waals surface area (Å²) in [6.07, 6.45) is -0.459. The van der Waals surface area contributed by atoms with Crippen molar-refractivity contribution in [3.8, 4) is 0 Å². The van der Waals surface area contributed by atoms with Gasteiger partial charge in [0, 0.05) is 18.8 Å². The summed E-state index contributed by atoms with van der Waals surface area (Å²) in [6.45, 7) is 5.30. The van der Waals surface area contributed by atoms with E-state index in [9.17, 15) is 22.8 Å². The van der Waals surface area contributed by atoms with E-state index in [1.165, 1.54) is 14.0 Å². The average molecular weight is 527 g/mol. The van der Waals surface area contributed by atoms with E-state index in [2.05, 4.69) is 22.2 Å². The molecule has 2 aliphatic rings. The van der Waals surface area contributed by atoms with Crippen LogP contribution in [0, 0.1) is 18.8 Å². The minimum atomic E-state index is -4.74. The molecule has 1 saturated carbocycles. The molecular formula is C25H30ClF3N4O3. The summed E-state index contributed by atoms with van der Waals surface area (Å²) in [5.41, 5.74) is 0.100. The number of aromatic nitrogens is 2. The van der Waals surface area contributed by atoms with Crippen molar-refractivity contribution < 1.29 is 27.5 Å². The second-order valence-corrected chi connectivity index (χ2v) is 10.2. The maximum atomic E-state index is 13.4. The topological polar surface area (TPSA) is 76.5 Å². The number of esters is 1. The first-order chi connectivity index (χ1) is 17.0. The van der Waals surface area contributed by atoms with Crippen molar-refractivity contribution >= 4 is 34.9 Å². The van der Waals surface area contributed by atoms with Crippen molar-refractivity contribution in [2.24, 2.45) is 11.8 Å². The van der Waals surface area contributed by atoms with Crippen molar-refractivity contribution in [1.29, 1.82) is 0 Å². The number of nitrogens with zero attached hydrogens (tertiary/aromatic N) is 3. The molecule has 1 aromatic carbocycles. The number of alkyl halides is 3.